The van der Waals surface area contributed by atoms with E-state index in [1.165, 1.54) is 0 Å². The van der Waals surface area contributed by atoms with Crippen LogP contribution in [-0.4, -0.2) is 53.7 Å². The van der Waals surface area contributed by atoms with Gasteiger partial charge < -0.3 is 20.6 Å². The fourth-order valence-corrected chi connectivity index (χ4v) is 2.47. The van der Waals surface area contributed by atoms with Crippen LogP contribution in [0, 0.1) is 0 Å². The predicted octanol–water partition coefficient (Wildman–Crippen LogP) is 1.41. The summed E-state index contributed by atoms with van der Waals surface area (Å²) in [7, 11) is 2.08. The number of aliphatic carboxylic acids is 1. The lowest BCUT2D eigenvalue weighted by Gasteiger charge is -2.35. The molecule has 1 heterocycles. The summed E-state index contributed by atoms with van der Waals surface area (Å²) in [5.74, 6) is -0.967. The fourth-order valence-electron chi connectivity index (χ4n) is 2.47. The second kappa shape index (κ2) is 8.09. The summed E-state index contributed by atoms with van der Waals surface area (Å²) in [5, 5.41) is 14.5. The molecular formula is C14H27N3O3. The summed E-state index contributed by atoms with van der Waals surface area (Å²) >= 11 is 0. The number of unbranched alkanes of at least 4 members (excludes halogenated alkanes) is 1. The van der Waals surface area contributed by atoms with E-state index in [0.29, 0.717) is 12.5 Å². The summed E-state index contributed by atoms with van der Waals surface area (Å²) in [6, 6.07) is -0.597. The highest BCUT2D eigenvalue weighted by Gasteiger charge is 2.25. The normalized spacial score (nSPS) is 24.9. The van der Waals surface area contributed by atoms with Crippen molar-refractivity contribution in [2.24, 2.45) is 0 Å². The molecule has 1 saturated heterocycles. The van der Waals surface area contributed by atoms with E-state index in [2.05, 4.69) is 29.5 Å². The molecule has 2 amide bonds. The number of carboxylic acids is 1. The number of hydrogen-bond donors (Lipinski definition) is 3. The Balaban J connectivity index is 2.39. The van der Waals surface area contributed by atoms with Crippen molar-refractivity contribution >= 4 is 12.0 Å². The fraction of sp³-hybridized carbons (Fsp3) is 0.857. The molecule has 0 bridgehead atoms. The number of urea groups is 1. The van der Waals surface area contributed by atoms with Gasteiger partial charge in [0.05, 0.1) is 0 Å². The predicted molar refractivity (Wildman–Crippen MR) is 77.7 cm³/mol. The molecule has 0 aromatic carbocycles. The number of carbonyl (C=O) groups excluding carboxylic acids is 1. The quantitative estimate of drug-likeness (QED) is 0.689. The Bertz CT molecular complexity index is 336. The van der Waals surface area contributed by atoms with Crippen LogP contribution in [0.25, 0.3) is 0 Å². The highest BCUT2D eigenvalue weighted by atomic mass is 16.4. The Kier molecular flexibility index (Phi) is 6.78. The van der Waals surface area contributed by atoms with E-state index in [0.717, 1.165) is 32.2 Å². The van der Waals surface area contributed by atoms with E-state index in [-0.39, 0.29) is 12.1 Å². The van der Waals surface area contributed by atoms with Crippen LogP contribution in [0.15, 0.2) is 0 Å². The molecule has 3 atom stereocenters. The smallest absolute Gasteiger partial charge is 0.326 e. The second-order valence-electron chi connectivity index (χ2n) is 5.70. The zero-order valence-corrected chi connectivity index (χ0v) is 12.7. The highest BCUT2D eigenvalue weighted by Crippen LogP contribution is 2.15. The van der Waals surface area contributed by atoms with Crippen LogP contribution < -0.4 is 10.6 Å². The number of rotatable bonds is 6. The maximum Gasteiger partial charge on any atom is 0.326 e. The summed E-state index contributed by atoms with van der Waals surface area (Å²) in [6.07, 6.45) is 3.99. The standard InChI is InChI=1S/C14H27N3O3/c1-4-5-6-12(13(18)19)16-14(20)15-11-7-8-17(3)10(2)9-11/h10-12H,4-9H2,1-3H3,(H,18,19)(H2,15,16,20)/t10?,11?,12-/m0/s1. The van der Waals surface area contributed by atoms with Gasteiger partial charge in [-0.3, -0.25) is 0 Å². The molecule has 116 valence electrons. The Morgan fingerprint density at radius 3 is 2.70 bits per heavy atom. The molecule has 3 N–H and O–H groups in total. The third-order valence-electron chi connectivity index (χ3n) is 3.99. The number of nitrogens with one attached hydrogen (secondary N) is 2. The Labute approximate surface area is 120 Å². The number of likely N-dealkylation sites (tertiary alicyclic amines) is 1. The van der Waals surface area contributed by atoms with Gasteiger partial charge in [-0.15, -0.1) is 0 Å². The van der Waals surface area contributed by atoms with Crippen molar-refractivity contribution in [2.75, 3.05) is 13.6 Å². The van der Waals surface area contributed by atoms with E-state index < -0.39 is 12.0 Å². The van der Waals surface area contributed by atoms with Crippen molar-refractivity contribution in [1.29, 1.82) is 0 Å². The first-order valence-corrected chi connectivity index (χ1v) is 7.44. The molecule has 6 nitrogen and oxygen atoms in total. The molecule has 0 saturated carbocycles. The SMILES string of the molecule is CCCC[C@H](NC(=O)NC1CCN(C)C(C)C1)C(=O)O. The van der Waals surface area contributed by atoms with Gasteiger partial charge in [-0.05, 0) is 33.2 Å². The average molecular weight is 285 g/mol. The summed E-state index contributed by atoms with van der Waals surface area (Å²) < 4.78 is 0. The lowest BCUT2D eigenvalue weighted by atomic mass is 9.99. The van der Waals surface area contributed by atoms with Gasteiger partial charge in [-0.25, -0.2) is 9.59 Å². The minimum absolute atomic E-state index is 0.127. The molecule has 20 heavy (non-hydrogen) atoms. The van der Waals surface area contributed by atoms with Crippen LogP contribution in [0.3, 0.4) is 0 Å². The lowest BCUT2D eigenvalue weighted by Crippen LogP contribution is -2.52. The van der Waals surface area contributed by atoms with E-state index >= 15 is 0 Å². The molecule has 0 aromatic heterocycles. The summed E-state index contributed by atoms with van der Waals surface area (Å²) in [4.78, 5) is 25.2. The molecular weight excluding hydrogens is 258 g/mol. The molecule has 6 heteroatoms. The van der Waals surface area contributed by atoms with Crippen molar-refractivity contribution in [3.8, 4) is 0 Å². The van der Waals surface area contributed by atoms with Crippen molar-refractivity contribution in [3.05, 3.63) is 0 Å². The monoisotopic (exact) mass is 285 g/mol. The van der Waals surface area contributed by atoms with Gasteiger partial charge >= 0.3 is 12.0 Å². The average Bonchev–Trinajstić information content (AvgIpc) is 2.38. The molecule has 1 fully saturated rings. The summed E-state index contributed by atoms with van der Waals surface area (Å²) in [6.45, 7) is 5.08. The zero-order valence-electron chi connectivity index (χ0n) is 12.7. The molecule has 2 unspecified atom stereocenters. The van der Waals surface area contributed by atoms with E-state index in [9.17, 15) is 9.59 Å². The maximum absolute atomic E-state index is 11.9. The number of carboxylic acid groups (broad SMARTS) is 1. The molecule has 1 rings (SSSR count). The van der Waals surface area contributed by atoms with Gasteiger partial charge in [-0.2, -0.15) is 0 Å². The van der Waals surface area contributed by atoms with Crippen molar-refractivity contribution in [3.63, 3.8) is 0 Å². The molecule has 1 aliphatic rings. The van der Waals surface area contributed by atoms with Crippen molar-refractivity contribution in [2.45, 2.75) is 64.1 Å². The first kappa shape index (κ1) is 16.8. The molecule has 0 radical (unpaired) electrons. The van der Waals surface area contributed by atoms with Crippen molar-refractivity contribution < 1.29 is 14.7 Å². The minimum Gasteiger partial charge on any atom is -0.480 e. The number of hydrogen-bond acceptors (Lipinski definition) is 3. The van der Waals surface area contributed by atoms with E-state index in [4.69, 9.17) is 5.11 Å². The van der Waals surface area contributed by atoms with Gasteiger partial charge in [0.15, 0.2) is 0 Å². The molecule has 0 aromatic rings. The molecule has 1 aliphatic heterocycles. The highest BCUT2D eigenvalue weighted by molar-refractivity contribution is 5.82. The van der Waals surface area contributed by atoms with E-state index in [1.54, 1.807) is 0 Å². The third-order valence-corrected chi connectivity index (χ3v) is 3.99. The minimum atomic E-state index is -0.967. The van der Waals surface area contributed by atoms with Crippen molar-refractivity contribution in [1.82, 2.24) is 15.5 Å². The largest absolute Gasteiger partial charge is 0.480 e. The lowest BCUT2D eigenvalue weighted by molar-refractivity contribution is -0.139. The molecule has 0 aliphatic carbocycles. The van der Waals surface area contributed by atoms with Gasteiger partial charge in [0.1, 0.15) is 6.04 Å². The summed E-state index contributed by atoms with van der Waals surface area (Å²) in [5.41, 5.74) is 0. The maximum atomic E-state index is 11.9. The van der Waals surface area contributed by atoms with Gasteiger partial charge in [0.25, 0.3) is 0 Å². The number of nitrogens with zero attached hydrogens (tertiary/aromatic N) is 1. The van der Waals surface area contributed by atoms with Crippen LogP contribution in [0.5, 0.6) is 0 Å². The van der Waals surface area contributed by atoms with Crippen LogP contribution in [0.2, 0.25) is 0 Å². The van der Waals surface area contributed by atoms with Crippen LogP contribution in [0.4, 0.5) is 4.79 Å². The first-order chi connectivity index (χ1) is 9.43. The van der Waals surface area contributed by atoms with Crippen LogP contribution in [-0.2, 0) is 4.79 Å². The topological polar surface area (TPSA) is 81.7 Å². The Morgan fingerprint density at radius 2 is 2.15 bits per heavy atom. The van der Waals surface area contributed by atoms with Crippen LogP contribution >= 0.6 is 0 Å². The number of amides is 2. The number of carbonyl (C=O) groups is 2. The zero-order chi connectivity index (χ0) is 15.1. The number of piperidine rings is 1. The second-order valence-corrected chi connectivity index (χ2v) is 5.70. The molecule has 0 spiro atoms. The Hall–Kier alpha value is -1.30. The van der Waals surface area contributed by atoms with Crippen LogP contribution in [0.1, 0.15) is 46.0 Å². The van der Waals surface area contributed by atoms with Gasteiger partial charge in [-0.1, -0.05) is 19.8 Å². The third kappa shape index (κ3) is 5.36. The first-order valence-electron chi connectivity index (χ1n) is 7.44. The van der Waals surface area contributed by atoms with Gasteiger partial charge in [0.2, 0.25) is 0 Å². The van der Waals surface area contributed by atoms with E-state index in [1.807, 2.05) is 6.92 Å². The van der Waals surface area contributed by atoms with Gasteiger partial charge in [0, 0.05) is 18.6 Å². The Morgan fingerprint density at radius 1 is 1.45 bits per heavy atom.